The molecule has 3 N–H and O–H groups in total. The minimum atomic E-state index is -0.361. The zero-order valence-corrected chi connectivity index (χ0v) is 16.1. The normalized spacial score (nSPS) is 11.0. The Hall–Kier alpha value is -3.93. The van der Waals surface area contributed by atoms with Gasteiger partial charge in [-0.15, -0.1) is 0 Å². The molecule has 0 aliphatic carbocycles. The highest BCUT2D eigenvalue weighted by Gasteiger charge is 2.10. The summed E-state index contributed by atoms with van der Waals surface area (Å²) in [5.74, 6) is -0.394. The third-order valence-corrected chi connectivity index (χ3v) is 4.40. The van der Waals surface area contributed by atoms with Gasteiger partial charge in [0.1, 0.15) is 5.75 Å². The molecule has 0 aliphatic heterocycles. The molecule has 3 aromatic rings. The molecule has 6 heteroatoms. The van der Waals surface area contributed by atoms with Crippen molar-refractivity contribution in [3.63, 3.8) is 0 Å². The van der Waals surface area contributed by atoms with Crippen molar-refractivity contribution in [3.05, 3.63) is 95.1 Å². The van der Waals surface area contributed by atoms with Crippen LogP contribution in [0.3, 0.4) is 0 Å². The minimum Gasteiger partial charge on any atom is -0.508 e. The molecular weight excluding hydrogens is 366 g/mol. The molecule has 0 atom stereocenters. The summed E-state index contributed by atoms with van der Waals surface area (Å²) in [5.41, 5.74) is 6.42. The summed E-state index contributed by atoms with van der Waals surface area (Å²) in [6.07, 6.45) is 0. The number of carbonyl (C=O) groups excluding carboxylic acids is 2. The van der Waals surface area contributed by atoms with Crippen LogP contribution in [0.1, 0.15) is 38.8 Å². The first-order valence-electron chi connectivity index (χ1n) is 9.05. The molecule has 0 fully saturated rings. The van der Waals surface area contributed by atoms with Crippen LogP contribution in [0.25, 0.3) is 0 Å². The number of amides is 2. The van der Waals surface area contributed by atoms with Crippen molar-refractivity contribution < 1.29 is 14.7 Å². The SMILES string of the molecule is CC(=NNC(=O)c1ccc(NC(=O)c2ccccc2C)cc1)c1ccc(O)cc1. The number of nitrogens with one attached hydrogen (secondary N) is 2. The molecule has 0 aliphatic rings. The van der Waals surface area contributed by atoms with E-state index >= 15 is 0 Å². The van der Waals surface area contributed by atoms with Gasteiger partial charge < -0.3 is 10.4 Å². The molecule has 0 unspecified atom stereocenters. The lowest BCUT2D eigenvalue weighted by Crippen LogP contribution is -2.19. The molecule has 3 aromatic carbocycles. The third-order valence-electron chi connectivity index (χ3n) is 4.40. The molecule has 0 radical (unpaired) electrons. The lowest BCUT2D eigenvalue weighted by atomic mass is 10.1. The number of rotatable bonds is 5. The Balaban J connectivity index is 1.63. The summed E-state index contributed by atoms with van der Waals surface area (Å²) in [5, 5.41) is 16.2. The first-order chi connectivity index (χ1) is 13.9. The van der Waals surface area contributed by atoms with E-state index in [2.05, 4.69) is 15.8 Å². The molecular formula is C23H21N3O3. The van der Waals surface area contributed by atoms with E-state index in [4.69, 9.17) is 0 Å². The van der Waals surface area contributed by atoms with Crippen LogP contribution < -0.4 is 10.7 Å². The van der Waals surface area contributed by atoms with Crippen molar-refractivity contribution in [3.8, 4) is 5.75 Å². The molecule has 0 saturated carbocycles. The molecule has 0 saturated heterocycles. The zero-order chi connectivity index (χ0) is 20.8. The zero-order valence-electron chi connectivity index (χ0n) is 16.1. The van der Waals surface area contributed by atoms with Gasteiger partial charge in [-0.05, 0) is 79.6 Å². The number of benzene rings is 3. The molecule has 0 bridgehead atoms. The highest BCUT2D eigenvalue weighted by Crippen LogP contribution is 2.14. The van der Waals surface area contributed by atoms with Gasteiger partial charge >= 0.3 is 0 Å². The van der Waals surface area contributed by atoms with Crippen LogP contribution in [-0.2, 0) is 0 Å². The number of phenolic OH excluding ortho intramolecular Hbond substituents is 1. The molecule has 0 spiro atoms. The Morgan fingerprint density at radius 1 is 0.828 bits per heavy atom. The lowest BCUT2D eigenvalue weighted by molar-refractivity contribution is 0.0954. The third kappa shape index (κ3) is 5.07. The fourth-order valence-corrected chi connectivity index (χ4v) is 2.70. The van der Waals surface area contributed by atoms with E-state index in [0.29, 0.717) is 22.5 Å². The van der Waals surface area contributed by atoms with Crippen molar-refractivity contribution >= 4 is 23.2 Å². The fraction of sp³-hybridized carbons (Fsp3) is 0.0870. The number of hydrazone groups is 1. The highest BCUT2D eigenvalue weighted by molar-refractivity contribution is 6.05. The van der Waals surface area contributed by atoms with Crippen molar-refractivity contribution in [1.29, 1.82) is 0 Å². The van der Waals surface area contributed by atoms with E-state index < -0.39 is 0 Å². The van der Waals surface area contributed by atoms with Crippen molar-refractivity contribution in [2.24, 2.45) is 5.10 Å². The van der Waals surface area contributed by atoms with Crippen LogP contribution in [0.4, 0.5) is 5.69 Å². The molecule has 0 aromatic heterocycles. The second-order valence-electron chi connectivity index (χ2n) is 6.53. The molecule has 29 heavy (non-hydrogen) atoms. The van der Waals surface area contributed by atoms with E-state index in [1.54, 1.807) is 61.5 Å². The molecule has 6 nitrogen and oxygen atoms in total. The number of aryl methyl sites for hydroxylation is 1. The van der Waals surface area contributed by atoms with E-state index in [0.717, 1.165) is 11.1 Å². The van der Waals surface area contributed by atoms with E-state index in [1.165, 1.54) is 0 Å². The predicted octanol–water partition coefficient (Wildman–Crippen LogP) is 4.11. The van der Waals surface area contributed by atoms with Crippen LogP contribution >= 0.6 is 0 Å². The largest absolute Gasteiger partial charge is 0.508 e. The maximum Gasteiger partial charge on any atom is 0.271 e. The average Bonchev–Trinajstić information content (AvgIpc) is 2.73. The van der Waals surface area contributed by atoms with Crippen LogP contribution in [0.15, 0.2) is 77.9 Å². The standard InChI is InChI=1S/C23H21N3O3/c1-15-5-3-4-6-21(15)23(29)24-19-11-7-18(8-12-19)22(28)26-25-16(2)17-9-13-20(27)14-10-17/h3-14,27H,1-2H3,(H,24,29)(H,26,28). The number of nitrogens with zero attached hydrogens (tertiary/aromatic N) is 1. The van der Waals surface area contributed by atoms with Crippen LogP contribution in [0.5, 0.6) is 5.75 Å². The summed E-state index contributed by atoms with van der Waals surface area (Å²) < 4.78 is 0. The molecule has 146 valence electrons. The van der Waals surface area contributed by atoms with Gasteiger partial charge in [-0.25, -0.2) is 5.43 Å². The van der Waals surface area contributed by atoms with Crippen molar-refractivity contribution in [1.82, 2.24) is 5.43 Å². The van der Waals surface area contributed by atoms with E-state index in [-0.39, 0.29) is 17.6 Å². The lowest BCUT2D eigenvalue weighted by Gasteiger charge is -2.08. The highest BCUT2D eigenvalue weighted by atomic mass is 16.3. The Bertz CT molecular complexity index is 1060. The van der Waals surface area contributed by atoms with Gasteiger partial charge in [-0.2, -0.15) is 5.10 Å². The van der Waals surface area contributed by atoms with Gasteiger partial charge in [0.05, 0.1) is 5.71 Å². The number of carbonyl (C=O) groups is 2. The van der Waals surface area contributed by atoms with Gasteiger partial charge in [0.15, 0.2) is 0 Å². The maximum absolute atomic E-state index is 12.4. The van der Waals surface area contributed by atoms with Crippen molar-refractivity contribution in [2.45, 2.75) is 13.8 Å². The quantitative estimate of drug-likeness (QED) is 0.455. The van der Waals surface area contributed by atoms with Gasteiger partial charge in [0.2, 0.25) is 0 Å². The number of anilines is 1. The van der Waals surface area contributed by atoms with Crippen LogP contribution in [0.2, 0.25) is 0 Å². The number of hydrogen-bond acceptors (Lipinski definition) is 4. The summed E-state index contributed by atoms with van der Waals surface area (Å²) in [6.45, 7) is 3.64. The first kappa shape index (κ1) is 19.8. The summed E-state index contributed by atoms with van der Waals surface area (Å²) >= 11 is 0. The maximum atomic E-state index is 12.4. The Kier molecular flexibility index (Phi) is 6.04. The van der Waals surface area contributed by atoms with E-state index in [9.17, 15) is 14.7 Å². The Morgan fingerprint density at radius 3 is 2.10 bits per heavy atom. The van der Waals surface area contributed by atoms with E-state index in [1.807, 2.05) is 25.1 Å². The van der Waals surface area contributed by atoms with Crippen molar-refractivity contribution in [2.75, 3.05) is 5.32 Å². The fourth-order valence-electron chi connectivity index (χ4n) is 2.70. The molecule has 0 heterocycles. The number of phenols is 1. The number of hydrogen-bond donors (Lipinski definition) is 3. The van der Waals surface area contributed by atoms with Crippen LogP contribution in [0, 0.1) is 6.92 Å². The average molecular weight is 387 g/mol. The van der Waals surface area contributed by atoms with Crippen LogP contribution in [-0.4, -0.2) is 22.6 Å². The summed E-state index contributed by atoms with van der Waals surface area (Å²) in [7, 11) is 0. The van der Waals surface area contributed by atoms with Gasteiger partial charge in [-0.1, -0.05) is 18.2 Å². The first-order valence-corrected chi connectivity index (χ1v) is 9.05. The minimum absolute atomic E-state index is 0.167. The van der Waals surface area contributed by atoms with Gasteiger partial charge in [-0.3, -0.25) is 9.59 Å². The Labute approximate surface area is 168 Å². The topological polar surface area (TPSA) is 90.8 Å². The summed E-state index contributed by atoms with van der Waals surface area (Å²) in [6, 6.07) is 20.5. The predicted molar refractivity (Wildman–Crippen MR) is 113 cm³/mol. The number of aromatic hydroxyl groups is 1. The van der Waals surface area contributed by atoms with Gasteiger partial charge in [0.25, 0.3) is 11.8 Å². The second kappa shape index (κ2) is 8.84. The monoisotopic (exact) mass is 387 g/mol. The second-order valence-corrected chi connectivity index (χ2v) is 6.53. The molecule has 2 amide bonds. The smallest absolute Gasteiger partial charge is 0.271 e. The molecule has 3 rings (SSSR count). The Morgan fingerprint density at radius 2 is 1.45 bits per heavy atom. The summed E-state index contributed by atoms with van der Waals surface area (Å²) in [4.78, 5) is 24.7. The van der Waals surface area contributed by atoms with Gasteiger partial charge in [0, 0.05) is 16.8 Å².